The fourth-order valence-electron chi connectivity index (χ4n) is 12.2. The molecule has 7 heteroatoms. The Morgan fingerprint density at radius 1 is 0.956 bits per heavy atom. The number of hydrogen-bond donors (Lipinski definition) is 3. The van der Waals surface area contributed by atoms with E-state index in [1.165, 1.54) is 11.1 Å². The maximum Gasteiger partial charge on any atom is 0.171 e. The molecular formula is C38H56O7. The van der Waals surface area contributed by atoms with E-state index in [0.717, 1.165) is 90.1 Å². The second-order valence-corrected chi connectivity index (χ2v) is 17.5. The Morgan fingerprint density at radius 2 is 1.78 bits per heavy atom. The lowest BCUT2D eigenvalue weighted by Crippen LogP contribution is -2.71. The van der Waals surface area contributed by atoms with Crippen molar-refractivity contribution in [1.82, 2.24) is 0 Å². The molecule has 3 unspecified atom stereocenters. The summed E-state index contributed by atoms with van der Waals surface area (Å²) in [4.78, 5) is 0. The molecule has 0 bridgehead atoms. The van der Waals surface area contributed by atoms with Crippen LogP contribution in [0.5, 0.6) is 5.75 Å². The summed E-state index contributed by atoms with van der Waals surface area (Å²) in [7, 11) is 0. The van der Waals surface area contributed by atoms with E-state index in [9.17, 15) is 15.3 Å². The van der Waals surface area contributed by atoms with Crippen LogP contribution in [0.4, 0.5) is 0 Å². The van der Waals surface area contributed by atoms with Crippen LogP contribution in [0.2, 0.25) is 0 Å². The zero-order valence-electron chi connectivity index (χ0n) is 27.8. The fraction of sp³-hybridized carbons (Fsp3) is 0.842. The van der Waals surface area contributed by atoms with Crippen LogP contribution in [0.1, 0.15) is 121 Å². The van der Waals surface area contributed by atoms with Crippen molar-refractivity contribution in [2.45, 2.75) is 140 Å². The van der Waals surface area contributed by atoms with E-state index in [4.69, 9.17) is 18.9 Å². The molecule has 0 amide bonds. The summed E-state index contributed by atoms with van der Waals surface area (Å²) in [5.74, 6) is 1.07. The van der Waals surface area contributed by atoms with E-state index >= 15 is 0 Å². The van der Waals surface area contributed by atoms with Crippen molar-refractivity contribution in [2.24, 2.45) is 34.0 Å². The molecule has 2 aliphatic heterocycles. The van der Waals surface area contributed by atoms with Gasteiger partial charge in [-0.2, -0.15) is 0 Å². The summed E-state index contributed by atoms with van der Waals surface area (Å²) in [6.07, 6.45) is 12.3. The van der Waals surface area contributed by atoms with Gasteiger partial charge in [-0.1, -0.05) is 26.8 Å². The summed E-state index contributed by atoms with van der Waals surface area (Å²) in [5.41, 5.74) is 0.371. The van der Waals surface area contributed by atoms with Crippen molar-refractivity contribution >= 4 is 0 Å². The van der Waals surface area contributed by atoms with Gasteiger partial charge in [-0.05, 0) is 129 Å². The Bertz CT molecular complexity index is 1280. The third-order valence-electron chi connectivity index (χ3n) is 14.4. The van der Waals surface area contributed by atoms with E-state index in [1.807, 2.05) is 12.1 Å². The second kappa shape index (κ2) is 10.6. The highest BCUT2D eigenvalue weighted by molar-refractivity contribution is 5.44. The van der Waals surface area contributed by atoms with Crippen LogP contribution in [-0.4, -0.2) is 65.0 Å². The smallest absolute Gasteiger partial charge is 0.171 e. The van der Waals surface area contributed by atoms with Gasteiger partial charge in [-0.3, -0.25) is 0 Å². The lowest BCUT2D eigenvalue weighted by atomic mass is 9.36. The molecular weight excluding hydrogens is 568 g/mol. The Hall–Kier alpha value is -1.22. The lowest BCUT2D eigenvalue weighted by Gasteiger charge is -2.70. The van der Waals surface area contributed by atoms with E-state index in [2.05, 4.69) is 26.8 Å². The predicted octanol–water partition coefficient (Wildman–Crippen LogP) is 6.60. The first-order valence-corrected chi connectivity index (χ1v) is 18.2. The van der Waals surface area contributed by atoms with Gasteiger partial charge in [-0.25, -0.2) is 0 Å². The maximum atomic E-state index is 12.9. The molecule has 250 valence electrons. The van der Waals surface area contributed by atoms with Crippen molar-refractivity contribution in [3.05, 3.63) is 29.3 Å². The largest absolute Gasteiger partial charge is 0.508 e. The second-order valence-electron chi connectivity index (χ2n) is 17.5. The monoisotopic (exact) mass is 624 g/mol. The van der Waals surface area contributed by atoms with Gasteiger partial charge in [0.05, 0.1) is 24.4 Å². The van der Waals surface area contributed by atoms with Crippen LogP contribution in [0.3, 0.4) is 0 Å². The number of hydrogen-bond acceptors (Lipinski definition) is 7. The van der Waals surface area contributed by atoms with Crippen LogP contribution in [0.25, 0.3) is 0 Å². The molecule has 9 atom stereocenters. The minimum Gasteiger partial charge on any atom is -0.508 e. The van der Waals surface area contributed by atoms with Crippen LogP contribution in [-0.2, 0) is 25.4 Å². The molecule has 6 fully saturated rings. The minimum atomic E-state index is -0.892. The standard InChI is InChI=1S/C38H56O7/c1-33(2)23-44-38(45-24-33)16-15-35-20-25-19-26(39)8-9-27(25)29-21-34(3)30(28(32(29)35)10-13-37(35,41)22-38)11-14-36(34,40)12-6-18-43-31-7-4-5-17-42-31/h8-9,19,28-32,39-41H,4-7,10-18,20-24H2,1-3H3/t28-,29?,30+,31?,32?,34-,35-,36+,37+/m0/s1. The Kier molecular flexibility index (Phi) is 7.35. The van der Waals surface area contributed by atoms with Gasteiger partial charge < -0.3 is 34.3 Å². The third kappa shape index (κ3) is 4.72. The molecule has 4 saturated carbocycles. The van der Waals surface area contributed by atoms with Crippen molar-refractivity contribution in [3.8, 4) is 5.75 Å². The van der Waals surface area contributed by atoms with E-state index in [-0.39, 0.29) is 28.5 Å². The van der Waals surface area contributed by atoms with Gasteiger partial charge in [0.2, 0.25) is 0 Å². The van der Waals surface area contributed by atoms with Gasteiger partial charge in [0.25, 0.3) is 0 Å². The highest BCUT2D eigenvalue weighted by atomic mass is 16.7. The van der Waals surface area contributed by atoms with Crippen LogP contribution >= 0.6 is 0 Å². The number of ether oxygens (including phenoxy) is 4. The summed E-state index contributed by atoms with van der Waals surface area (Å²) < 4.78 is 24.9. The highest BCUT2D eigenvalue weighted by Gasteiger charge is 2.73. The Morgan fingerprint density at radius 3 is 2.56 bits per heavy atom. The van der Waals surface area contributed by atoms with Crippen molar-refractivity contribution < 1.29 is 34.3 Å². The SMILES string of the molecule is CC1(C)COC2(CC[C@@]34Cc5cc(O)ccc5C5C[C@@]6(C)[C@H](CC[C@]6(O)CCCOC6CCCCO6)[C@H](CC[C@@]3(O)C2)C54)OC1. The molecule has 1 aromatic rings. The zero-order valence-corrected chi connectivity index (χ0v) is 27.8. The molecule has 5 aliphatic carbocycles. The van der Waals surface area contributed by atoms with Gasteiger partial charge >= 0.3 is 0 Å². The maximum absolute atomic E-state index is 12.9. The van der Waals surface area contributed by atoms with E-state index < -0.39 is 17.0 Å². The van der Waals surface area contributed by atoms with Crippen LogP contribution in [0.15, 0.2) is 18.2 Å². The Labute approximate surface area is 269 Å². The first kappa shape index (κ1) is 31.1. The molecule has 2 heterocycles. The van der Waals surface area contributed by atoms with Gasteiger partial charge in [0, 0.05) is 36.9 Å². The van der Waals surface area contributed by atoms with Gasteiger partial charge in [0.15, 0.2) is 12.1 Å². The summed E-state index contributed by atoms with van der Waals surface area (Å²) in [6, 6.07) is 5.97. The summed E-state index contributed by atoms with van der Waals surface area (Å²) in [6.45, 7) is 9.46. The lowest BCUT2D eigenvalue weighted by molar-refractivity contribution is -0.358. The molecule has 1 aromatic carbocycles. The topological polar surface area (TPSA) is 97.6 Å². The third-order valence-corrected chi connectivity index (χ3v) is 14.4. The van der Waals surface area contributed by atoms with Crippen LogP contribution < -0.4 is 0 Å². The average molecular weight is 625 g/mol. The fourth-order valence-corrected chi connectivity index (χ4v) is 12.2. The normalized spacial score (nSPS) is 46.1. The molecule has 3 N–H and O–H groups in total. The van der Waals surface area contributed by atoms with E-state index in [0.29, 0.717) is 49.7 Å². The number of rotatable bonds is 5. The van der Waals surface area contributed by atoms with Gasteiger partial charge in [-0.15, -0.1) is 0 Å². The van der Waals surface area contributed by atoms with Crippen molar-refractivity contribution in [1.29, 1.82) is 0 Å². The van der Waals surface area contributed by atoms with Crippen molar-refractivity contribution in [2.75, 3.05) is 26.4 Å². The quantitative estimate of drug-likeness (QED) is 0.318. The molecule has 0 radical (unpaired) electrons. The van der Waals surface area contributed by atoms with E-state index in [1.54, 1.807) is 0 Å². The molecule has 45 heavy (non-hydrogen) atoms. The highest BCUT2D eigenvalue weighted by Crippen LogP contribution is 2.75. The minimum absolute atomic E-state index is 0.0179. The number of aromatic hydroxyl groups is 1. The van der Waals surface area contributed by atoms with Crippen LogP contribution in [0, 0.1) is 34.0 Å². The number of benzene rings is 1. The first-order chi connectivity index (χ1) is 21.4. The average Bonchev–Trinajstić information content (AvgIpc) is 3.27. The summed E-state index contributed by atoms with van der Waals surface area (Å²) in [5, 5.41) is 36.1. The predicted molar refractivity (Wildman–Crippen MR) is 170 cm³/mol. The molecule has 2 spiro atoms. The number of phenolic OH excluding ortho intramolecular Hbond substituents is 1. The molecule has 7 aliphatic rings. The zero-order chi connectivity index (χ0) is 31.3. The molecule has 8 rings (SSSR count). The molecule has 7 nitrogen and oxygen atoms in total. The first-order valence-electron chi connectivity index (χ1n) is 18.2. The number of phenols is 1. The molecule has 2 saturated heterocycles. The van der Waals surface area contributed by atoms with Crippen molar-refractivity contribution in [3.63, 3.8) is 0 Å². The summed E-state index contributed by atoms with van der Waals surface area (Å²) >= 11 is 0. The Balaban J connectivity index is 1.10. The van der Waals surface area contributed by atoms with Gasteiger partial charge in [0.1, 0.15) is 5.75 Å². The number of aliphatic hydroxyl groups is 2. The molecule has 0 aromatic heterocycles. The number of fused-ring (bicyclic) bond motifs is 4.